The Bertz CT molecular complexity index is 282. The number of aliphatic hydroxyl groups is 2. The highest BCUT2D eigenvalue weighted by Gasteiger charge is 2.37. The summed E-state index contributed by atoms with van der Waals surface area (Å²) in [5.41, 5.74) is 0.0625. The van der Waals surface area contributed by atoms with Crippen LogP contribution >= 0.6 is 0 Å². The second kappa shape index (κ2) is 6.41. The largest absolute Gasteiger partial charge is 0.401 e. The molecule has 2 unspecified atom stereocenters. The van der Waals surface area contributed by atoms with Gasteiger partial charge in [-0.3, -0.25) is 4.90 Å². The smallest absolute Gasteiger partial charge is 0.395 e. The lowest BCUT2D eigenvalue weighted by Crippen LogP contribution is -2.45. The van der Waals surface area contributed by atoms with E-state index in [4.69, 9.17) is 5.11 Å². The highest BCUT2D eigenvalue weighted by atomic mass is 19.4. The molecule has 1 fully saturated rings. The van der Waals surface area contributed by atoms with Crippen molar-refractivity contribution in [2.24, 2.45) is 11.3 Å². The Morgan fingerprint density at radius 1 is 1.32 bits per heavy atom. The summed E-state index contributed by atoms with van der Waals surface area (Å²) in [6.45, 7) is 2.99. The van der Waals surface area contributed by atoms with Crippen LogP contribution in [0.5, 0.6) is 0 Å². The summed E-state index contributed by atoms with van der Waals surface area (Å²) < 4.78 is 37.3. The molecule has 6 heteroatoms. The second-order valence-electron chi connectivity index (χ2n) is 6.31. The van der Waals surface area contributed by atoms with E-state index in [-0.39, 0.29) is 31.0 Å². The van der Waals surface area contributed by atoms with Crippen LogP contribution in [0.15, 0.2) is 0 Å². The molecule has 2 atom stereocenters. The average molecular weight is 283 g/mol. The van der Waals surface area contributed by atoms with Crippen LogP contribution in [0.4, 0.5) is 13.2 Å². The van der Waals surface area contributed by atoms with E-state index in [9.17, 15) is 18.3 Å². The second-order valence-corrected chi connectivity index (χ2v) is 6.31. The van der Waals surface area contributed by atoms with Crippen molar-refractivity contribution in [1.82, 2.24) is 4.90 Å². The van der Waals surface area contributed by atoms with Crippen LogP contribution in [0, 0.1) is 11.3 Å². The third-order valence-electron chi connectivity index (χ3n) is 3.79. The number of nitrogens with zero attached hydrogens (tertiary/aromatic N) is 1. The SMILES string of the molecule is CC1(C)CCC(O)C(CN(CCO)CC(F)(F)F)C1. The van der Waals surface area contributed by atoms with Crippen LogP contribution < -0.4 is 0 Å². The van der Waals surface area contributed by atoms with E-state index in [1.54, 1.807) is 0 Å². The Kier molecular flexibility index (Phi) is 5.65. The zero-order chi connectivity index (χ0) is 14.7. The molecule has 1 aliphatic carbocycles. The third kappa shape index (κ3) is 6.10. The van der Waals surface area contributed by atoms with Crippen LogP contribution in [0.25, 0.3) is 0 Å². The molecule has 114 valence electrons. The van der Waals surface area contributed by atoms with Gasteiger partial charge in [0.05, 0.1) is 19.3 Å². The number of hydrogen-bond acceptors (Lipinski definition) is 3. The van der Waals surface area contributed by atoms with Crippen molar-refractivity contribution < 1.29 is 23.4 Å². The van der Waals surface area contributed by atoms with E-state index in [0.29, 0.717) is 12.8 Å². The number of aliphatic hydroxyl groups excluding tert-OH is 2. The lowest BCUT2D eigenvalue weighted by molar-refractivity contribution is -0.150. The molecule has 0 aromatic carbocycles. The molecule has 3 nitrogen and oxygen atoms in total. The quantitative estimate of drug-likeness (QED) is 0.811. The van der Waals surface area contributed by atoms with Gasteiger partial charge in [-0.05, 0) is 30.6 Å². The summed E-state index contributed by atoms with van der Waals surface area (Å²) in [6.07, 6.45) is -2.57. The van der Waals surface area contributed by atoms with Crippen molar-refractivity contribution in [2.75, 3.05) is 26.2 Å². The summed E-state index contributed by atoms with van der Waals surface area (Å²) in [5, 5.41) is 18.8. The molecule has 2 N–H and O–H groups in total. The third-order valence-corrected chi connectivity index (χ3v) is 3.79. The molecular formula is C13H24F3NO2. The van der Waals surface area contributed by atoms with Gasteiger partial charge in [0.1, 0.15) is 0 Å². The predicted octanol–water partition coefficient (Wildman–Crippen LogP) is 2.03. The minimum absolute atomic E-state index is 0.0108. The van der Waals surface area contributed by atoms with E-state index in [1.165, 1.54) is 4.90 Å². The van der Waals surface area contributed by atoms with Gasteiger partial charge in [-0.15, -0.1) is 0 Å². The van der Waals surface area contributed by atoms with Gasteiger partial charge in [0, 0.05) is 13.1 Å². The molecule has 1 saturated carbocycles. The Hall–Kier alpha value is -0.330. The minimum atomic E-state index is -4.27. The van der Waals surface area contributed by atoms with Crippen LogP contribution in [-0.4, -0.2) is 53.6 Å². The van der Waals surface area contributed by atoms with Crippen LogP contribution in [-0.2, 0) is 0 Å². The average Bonchev–Trinajstić information content (AvgIpc) is 2.21. The first-order chi connectivity index (χ1) is 8.63. The normalized spacial score (nSPS) is 27.8. The molecule has 0 aliphatic heterocycles. The molecule has 0 amide bonds. The van der Waals surface area contributed by atoms with Crippen LogP contribution in [0.2, 0.25) is 0 Å². The fraction of sp³-hybridized carbons (Fsp3) is 1.00. The van der Waals surface area contributed by atoms with Gasteiger partial charge in [-0.1, -0.05) is 13.8 Å². The maximum atomic E-state index is 12.4. The molecule has 0 aromatic heterocycles. The van der Waals surface area contributed by atoms with Crippen LogP contribution in [0.1, 0.15) is 33.1 Å². The summed E-state index contributed by atoms with van der Waals surface area (Å²) in [4.78, 5) is 1.19. The van der Waals surface area contributed by atoms with Gasteiger partial charge in [-0.2, -0.15) is 13.2 Å². The molecule has 0 aromatic rings. The Morgan fingerprint density at radius 3 is 2.47 bits per heavy atom. The number of rotatable bonds is 5. The molecule has 0 spiro atoms. The topological polar surface area (TPSA) is 43.7 Å². The zero-order valence-electron chi connectivity index (χ0n) is 11.6. The first-order valence-corrected chi connectivity index (χ1v) is 6.71. The zero-order valence-corrected chi connectivity index (χ0v) is 11.6. The fourth-order valence-corrected chi connectivity index (χ4v) is 2.87. The van der Waals surface area contributed by atoms with Gasteiger partial charge >= 0.3 is 6.18 Å². The monoisotopic (exact) mass is 283 g/mol. The molecule has 0 saturated heterocycles. The van der Waals surface area contributed by atoms with Gasteiger partial charge in [0.25, 0.3) is 0 Å². The molecule has 0 bridgehead atoms. The summed E-state index contributed by atoms with van der Waals surface area (Å²) in [7, 11) is 0. The number of hydrogen-bond donors (Lipinski definition) is 2. The van der Waals surface area contributed by atoms with Crippen molar-refractivity contribution in [3.8, 4) is 0 Å². The van der Waals surface area contributed by atoms with Crippen molar-refractivity contribution in [2.45, 2.75) is 45.4 Å². The maximum Gasteiger partial charge on any atom is 0.401 e. The Balaban J connectivity index is 2.61. The standard InChI is InChI=1S/C13H24F3NO2/c1-12(2)4-3-11(19)10(7-12)8-17(5-6-18)9-13(14,15)16/h10-11,18-19H,3-9H2,1-2H3. The Morgan fingerprint density at radius 2 is 1.95 bits per heavy atom. The highest BCUT2D eigenvalue weighted by molar-refractivity contribution is 4.86. The number of alkyl halides is 3. The fourth-order valence-electron chi connectivity index (χ4n) is 2.87. The molecule has 1 aliphatic rings. The minimum Gasteiger partial charge on any atom is -0.395 e. The summed E-state index contributed by atoms with van der Waals surface area (Å²) in [5.74, 6) is -0.155. The van der Waals surface area contributed by atoms with Gasteiger partial charge in [-0.25, -0.2) is 0 Å². The molecule has 19 heavy (non-hydrogen) atoms. The lowest BCUT2D eigenvalue weighted by atomic mass is 9.70. The maximum absolute atomic E-state index is 12.4. The Labute approximate surface area is 112 Å². The van der Waals surface area contributed by atoms with Crippen molar-refractivity contribution in [3.63, 3.8) is 0 Å². The number of halogens is 3. The molecule has 0 radical (unpaired) electrons. The lowest BCUT2D eigenvalue weighted by Gasteiger charge is -2.40. The first kappa shape index (κ1) is 16.7. The summed E-state index contributed by atoms with van der Waals surface area (Å²) >= 11 is 0. The highest BCUT2D eigenvalue weighted by Crippen LogP contribution is 2.39. The van der Waals surface area contributed by atoms with Gasteiger partial charge in [0.2, 0.25) is 0 Å². The van der Waals surface area contributed by atoms with Crippen LogP contribution in [0.3, 0.4) is 0 Å². The van der Waals surface area contributed by atoms with Crippen molar-refractivity contribution >= 4 is 0 Å². The van der Waals surface area contributed by atoms with Gasteiger partial charge in [0.15, 0.2) is 0 Å². The molecular weight excluding hydrogens is 259 g/mol. The van der Waals surface area contributed by atoms with E-state index in [2.05, 4.69) is 13.8 Å². The molecule has 0 heterocycles. The van der Waals surface area contributed by atoms with Gasteiger partial charge < -0.3 is 10.2 Å². The van der Waals surface area contributed by atoms with E-state index in [1.807, 2.05) is 0 Å². The predicted molar refractivity (Wildman–Crippen MR) is 66.7 cm³/mol. The molecule has 1 rings (SSSR count). The van der Waals surface area contributed by atoms with E-state index < -0.39 is 18.8 Å². The first-order valence-electron chi connectivity index (χ1n) is 6.71. The van der Waals surface area contributed by atoms with Crippen molar-refractivity contribution in [1.29, 1.82) is 0 Å². The van der Waals surface area contributed by atoms with E-state index in [0.717, 1.165) is 6.42 Å². The van der Waals surface area contributed by atoms with E-state index >= 15 is 0 Å². The van der Waals surface area contributed by atoms with Crippen molar-refractivity contribution in [3.05, 3.63) is 0 Å². The summed E-state index contributed by atoms with van der Waals surface area (Å²) in [6, 6.07) is 0.